The Morgan fingerprint density at radius 3 is 2.70 bits per heavy atom. The van der Waals surface area contributed by atoms with E-state index < -0.39 is 0 Å². The van der Waals surface area contributed by atoms with Crippen LogP contribution in [-0.4, -0.2) is 50.6 Å². The zero-order valence-electron chi connectivity index (χ0n) is 16.3. The van der Waals surface area contributed by atoms with Crippen LogP contribution in [0, 0.1) is 5.92 Å². The minimum Gasteiger partial charge on any atom is -0.367 e. The zero-order valence-corrected chi connectivity index (χ0v) is 18.7. The van der Waals surface area contributed by atoms with Crippen LogP contribution in [0.2, 0.25) is 0 Å². The topological polar surface area (TPSA) is 68.8 Å². The lowest BCUT2D eigenvalue weighted by molar-refractivity contribution is -0.122. The number of anilines is 1. The van der Waals surface area contributed by atoms with E-state index in [9.17, 15) is 4.79 Å². The number of carbonyl (C=O) groups excluding carboxylic acids is 1. The monoisotopic (exact) mass is 485 g/mol. The number of rotatable bonds is 8. The first kappa shape index (κ1) is 21.8. The Balaban J connectivity index is 0.00000261. The molecule has 0 aromatic heterocycles. The van der Waals surface area contributed by atoms with Gasteiger partial charge in [-0.25, -0.2) is 0 Å². The fourth-order valence-corrected chi connectivity index (χ4v) is 3.44. The Labute approximate surface area is 179 Å². The molecule has 6 nitrogen and oxygen atoms in total. The molecule has 7 heteroatoms. The summed E-state index contributed by atoms with van der Waals surface area (Å²) in [5.74, 6) is 1.25. The molecule has 2 aliphatic rings. The van der Waals surface area contributed by atoms with Gasteiger partial charge < -0.3 is 20.9 Å². The van der Waals surface area contributed by atoms with Gasteiger partial charge in [-0.1, -0.05) is 18.2 Å². The summed E-state index contributed by atoms with van der Waals surface area (Å²) in [6.07, 6.45) is 3.19. The van der Waals surface area contributed by atoms with Crippen LogP contribution < -0.4 is 20.9 Å². The maximum absolute atomic E-state index is 11.6. The molecule has 27 heavy (non-hydrogen) atoms. The van der Waals surface area contributed by atoms with Crippen LogP contribution in [0.5, 0.6) is 0 Å². The van der Waals surface area contributed by atoms with Gasteiger partial charge in [0.1, 0.15) is 0 Å². The third-order valence-electron chi connectivity index (χ3n) is 4.97. The van der Waals surface area contributed by atoms with Gasteiger partial charge in [0.05, 0.1) is 6.54 Å². The molecule has 1 saturated carbocycles. The van der Waals surface area contributed by atoms with Gasteiger partial charge in [-0.15, -0.1) is 24.0 Å². The van der Waals surface area contributed by atoms with E-state index in [0.29, 0.717) is 19.1 Å². The van der Waals surface area contributed by atoms with E-state index >= 15 is 0 Å². The average molecular weight is 485 g/mol. The first-order chi connectivity index (χ1) is 12.7. The van der Waals surface area contributed by atoms with Gasteiger partial charge in [0, 0.05) is 43.8 Å². The number of hydrogen-bond donors (Lipinski definition) is 3. The number of para-hydroxylation sites is 1. The van der Waals surface area contributed by atoms with E-state index in [2.05, 4.69) is 64.0 Å². The standard InChI is InChI=1S/C20H31N5O.HI/c1-3-21-20(23-11-10-22-19(26)16-8-9-16)24-12-13-25-15(2)14-17-6-4-5-7-18(17)25;/h4-7,15-16H,3,8-14H2,1-2H3,(H,22,26)(H2,21,23,24);1H. The molecule has 1 heterocycles. The molecule has 1 aliphatic heterocycles. The minimum absolute atomic E-state index is 0. The predicted molar refractivity (Wildman–Crippen MR) is 122 cm³/mol. The van der Waals surface area contributed by atoms with Gasteiger partial charge in [-0.05, 0) is 44.7 Å². The molecule has 3 rings (SSSR count). The maximum atomic E-state index is 11.6. The van der Waals surface area contributed by atoms with Crippen molar-refractivity contribution < 1.29 is 4.79 Å². The van der Waals surface area contributed by atoms with Gasteiger partial charge in [0.25, 0.3) is 0 Å². The predicted octanol–water partition coefficient (Wildman–Crippen LogP) is 2.14. The molecule has 1 fully saturated rings. The number of aliphatic imine (C=N–C) groups is 1. The van der Waals surface area contributed by atoms with E-state index in [1.807, 2.05) is 0 Å². The van der Waals surface area contributed by atoms with Crippen molar-refractivity contribution in [2.24, 2.45) is 10.9 Å². The van der Waals surface area contributed by atoms with Crippen LogP contribution in [0.4, 0.5) is 5.69 Å². The van der Waals surface area contributed by atoms with Crippen molar-refractivity contribution in [1.82, 2.24) is 16.0 Å². The molecular weight excluding hydrogens is 453 g/mol. The van der Waals surface area contributed by atoms with E-state index in [0.717, 1.165) is 44.9 Å². The Bertz CT molecular complexity index is 647. The Morgan fingerprint density at radius 2 is 1.96 bits per heavy atom. The zero-order chi connectivity index (χ0) is 18.4. The minimum atomic E-state index is 0. The Morgan fingerprint density at radius 1 is 1.19 bits per heavy atom. The van der Waals surface area contributed by atoms with Crippen molar-refractivity contribution in [3.05, 3.63) is 29.8 Å². The van der Waals surface area contributed by atoms with Crippen molar-refractivity contribution in [2.45, 2.75) is 39.2 Å². The normalized spacial score (nSPS) is 18.5. The summed E-state index contributed by atoms with van der Waals surface area (Å²) >= 11 is 0. The second kappa shape index (κ2) is 10.7. The molecule has 150 valence electrons. The summed E-state index contributed by atoms with van der Waals surface area (Å²) < 4.78 is 0. The summed E-state index contributed by atoms with van der Waals surface area (Å²) in [6.45, 7) is 8.13. The lowest BCUT2D eigenvalue weighted by atomic mass is 10.1. The quantitative estimate of drug-likeness (QED) is 0.229. The second-order valence-corrected chi connectivity index (χ2v) is 7.13. The van der Waals surface area contributed by atoms with E-state index in [-0.39, 0.29) is 35.8 Å². The maximum Gasteiger partial charge on any atom is 0.223 e. The highest BCUT2D eigenvalue weighted by Gasteiger charge is 2.29. The summed E-state index contributed by atoms with van der Waals surface area (Å²) in [6, 6.07) is 9.19. The van der Waals surface area contributed by atoms with Crippen molar-refractivity contribution in [1.29, 1.82) is 0 Å². The fourth-order valence-electron chi connectivity index (χ4n) is 3.44. The molecule has 0 saturated heterocycles. The number of carbonyl (C=O) groups is 1. The molecule has 0 spiro atoms. The van der Waals surface area contributed by atoms with Crippen LogP contribution in [0.25, 0.3) is 0 Å². The van der Waals surface area contributed by atoms with Crippen LogP contribution in [0.1, 0.15) is 32.3 Å². The second-order valence-electron chi connectivity index (χ2n) is 7.13. The molecule has 0 bridgehead atoms. The van der Waals surface area contributed by atoms with Gasteiger partial charge in [-0.2, -0.15) is 0 Å². The molecular formula is C20H32IN5O. The molecule has 1 aromatic rings. The number of nitrogens with zero attached hydrogens (tertiary/aromatic N) is 2. The summed E-state index contributed by atoms with van der Waals surface area (Å²) in [5, 5.41) is 9.63. The number of halogens is 1. The van der Waals surface area contributed by atoms with Crippen molar-refractivity contribution in [2.75, 3.05) is 37.6 Å². The van der Waals surface area contributed by atoms with Crippen molar-refractivity contribution in [3.63, 3.8) is 0 Å². The van der Waals surface area contributed by atoms with E-state index in [1.54, 1.807) is 0 Å². The highest BCUT2D eigenvalue weighted by Crippen LogP contribution is 2.31. The number of benzene rings is 1. The summed E-state index contributed by atoms with van der Waals surface area (Å²) in [4.78, 5) is 18.6. The van der Waals surface area contributed by atoms with Crippen LogP contribution in [0.15, 0.2) is 29.3 Å². The van der Waals surface area contributed by atoms with Crippen LogP contribution in [-0.2, 0) is 11.2 Å². The Kier molecular flexibility index (Phi) is 8.66. The van der Waals surface area contributed by atoms with Crippen molar-refractivity contribution in [3.8, 4) is 0 Å². The number of amides is 1. The van der Waals surface area contributed by atoms with Gasteiger partial charge in [-0.3, -0.25) is 9.79 Å². The lowest BCUT2D eigenvalue weighted by Gasteiger charge is -2.25. The third-order valence-corrected chi connectivity index (χ3v) is 4.97. The number of nitrogens with one attached hydrogen (secondary N) is 3. The first-order valence-corrected chi connectivity index (χ1v) is 9.83. The summed E-state index contributed by atoms with van der Waals surface area (Å²) in [5.41, 5.74) is 2.79. The average Bonchev–Trinajstić information content (AvgIpc) is 3.43. The van der Waals surface area contributed by atoms with Gasteiger partial charge in [0.15, 0.2) is 5.96 Å². The fraction of sp³-hybridized carbons (Fsp3) is 0.600. The molecule has 1 amide bonds. The molecule has 1 unspecified atom stereocenters. The number of fused-ring (bicyclic) bond motifs is 1. The first-order valence-electron chi connectivity index (χ1n) is 9.83. The van der Waals surface area contributed by atoms with Crippen molar-refractivity contribution >= 4 is 41.5 Å². The van der Waals surface area contributed by atoms with Gasteiger partial charge >= 0.3 is 0 Å². The highest BCUT2D eigenvalue weighted by molar-refractivity contribution is 14.0. The lowest BCUT2D eigenvalue weighted by Crippen LogP contribution is -2.43. The molecule has 3 N–H and O–H groups in total. The SMILES string of the molecule is CCNC(=NCCNC(=O)C1CC1)NCCN1c2ccccc2CC1C.I. The molecule has 1 atom stereocenters. The molecule has 1 aliphatic carbocycles. The van der Waals surface area contributed by atoms with Crippen LogP contribution >= 0.6 is 24.0 Å². The number of hydrogen-bond acceptors (Lipinski definition) is 3. The van der Waals surface area contributed by atoms with Gasteiger partial charge in [0.2, 0.25) is 5.91 Å². The highest BCUT2D eigenvalue weighted by atomic mass is 127. The van der Waals surface area contributed by atoms with Crippen LogP contribution in [0.3, 0.4) is 0 Å². The van der Waals surface area contributed by atoms with E-state index in [4.69, 9.17) is 0 Å². The molecule has 0 radical (unpaired) electrons. The number of guanidine groups is 1. The van der Waals surface area contributed by atoms with E-state index in [1.165, 1.54) is 11.3 Å². The Hall–Kier alpha value is -1.51. The third kappa shape index (κ3) is 6.26. The summed E-state index contributed by atoms with van der Waals surface area (Å²) in [7, 11) is 0. The smallest absolute Gasteiger partial charge is 0.223 e. The molecule has 1 aromatic carbocycles. The largest absolute Gasteiger partial charge is 0.367 e.